The van der Waals surface area contributed by atoms with Crippen molar-refractivity contribution >= 4 is 29.7 Å². The summed E-state index contributed by atoms with van der Waals surface area (Å²) in [5.41, 5.74) is 3.53. The van der Waals surface area contributed by atoms with Crippen LogP contribution in [0.4, 0.5) is 5.69 Å². The molecule has 0 aliphatic carbocycles. The standard InChI is InChI=1S/C28H33ClN2O3.ClH/c1-33-27-10-4-6-22(18-27)12-13-23-7-2-3-11-28(23)34-21-26(32)20-30-14-16-31(17-15-30)25-9-5-8-24(29)19-25;/h2-11,18-19,26,32H,12-17,20-21H2,1H3;1H. The van der Waals surface area contributed by atoms with Gasteiger partial charge in [0.25, 0.3) is 0 Å². The van der Waals surface area contributed by atoms with Crippen molar-refractivity contribution in [3.05, 3.63) is 88.9 Å². The summed E-state index contributed by atoms with van der Waals surface area (Å²) in [6.07, 6.45) is 1.23. The highest BCUT2D eigenvalue weighted by Gasteiger charge is 2.20. The number of halogens is 2. The van der Waals surface area contributed by atoms with E-state index < -0.39 is 6.10 Å². The molecule has 1 N–H and O–H groups in total. The number of hydrogen-bond donors (Lipinski definition) is 1. The van der Waals surface area contributed by atoms with Crippen LogP contribution in [0.2, 0.25) is 5.02 Å². The molecule has 1 saturated heterocycles. The van der Waals surface area contributed by atoms with Gasteiger partial charge in [0.1, 0.15) is 24.2 Å². The van der Waals surface area contributed by atoms with Gasteiger partial charge >= 0.3 is 0 Å². The third-order valence-corrected chi connectivity index (χ3v) is 6.47. The highest BCUT2D eigenvalue weighted by Crippen LogP contribution is 2.23. The van der Waals surface area contributed by atoms with E-state index in [0.29, 0.717) is 6.54 Å². The van der Waals surface area contributed by atoms with Gasteiger partial charge in [0.2, 0.25) is 0 Å². The van der Waals surface area contributed by atoms with Crippen LogP contribution in [0.25, 0.3) is 0 Å². The second-order valence-corrected chi connectivity index (χ2v) is 9.13. The molecule has 0 bridgehead atoms. The molecule has 1 unspecified atom stereocenters. The summed E-state index contributed by atoms with van der Waals surface area (Å²) in [5.74, 6) is 1.72. The average Bonchev–Trinajstić information content (AvgIpc) is 2.87. The van der Waals surface area contributed by atoms with Gasteiger partial charge in [0, 0.05) is 43.4 Å². The second-order valence-electron chi connectivity index (χ2n) is 8.69. The minimum atomic E-state index is -0.538. The van der Waals surface area contributed by atoms with E-state index in [0.717, 1.165) is 66.8 Å². The molecule has 1 aliphatic heterocycles. The lowest BCUT2D eigenvalue weighted by molar-refractivity contribution is 0.0660. The lowest BCUT2D eigenvalue weighted by Gasteiger charge is -2.37. The Balaban J connectivity index is 0.00000342. The van der Waals surface area contributed by atoms with E-state index in [9.17, 15) is 5.11 Å². The number of methoxy groups -OCH3 is 1. The Kier molecular flexibility index (Phi) is 10.5. The number of aliphatic hydroxyl groups is 1. The molecule has 0 spiro atoms. The Bertz CT molecular complexity index is 1060. The van der Waals surface area contributed by atoms with Crippen LogP contribution in [0, 0.1) is 0 Å². The van der Waals surface area contributed by atoms with Gasteiger partial charge in [-0.2, -0.15) is 0 Å². The molecule has 1 aliphatic rings. The first kappa shape index (κ1) is 27.2. The summed E-state index contributed by atoms with van der Waals surface area (Å²) in [6, 6.07) is 24.2. The SMILES string of the molecule is COc1cccc(CCc2ccccc2OCC(O)CN2CCN(c3cccc(Cl)c3)CC2)c1.Cl. The molecule has 1 heterocycles. The van der Waals surface area contributed by atoms with E-state index in [-0.39, 0.29) is 19.0 Å². The highest BCUT2D eigenvalue weighted by molar-refractivity contribution is 6.30. The predicted molar refractivity (Wildman–Crippen MR) is 146 cm³/mol. The van der Waals surface area contributed by atoms with Crippen LogP contribution in [0.3, 0.4) is 0 Å². The average molecular weight is 517 g/mol. The van der Waals surface area contributed by atoms with Gasteiger partial charge in [-0.3, -0.25) is 4.90 Å². The number of benzene rings is 3. The first-order valence-electron chi connectivity index (χ1n) is 11.9. The van der Waals surface area contributed by atoms with Gasteiger partial charge in [-0.15, -0.1) is 12.4 Å². The van der Waals surface area contributed by atoms with Crippen molar-refractivity contribution in [2.45, 2.75) is 18.9 Å². The highest BCUT2D eigenvalue weighted by atomic mass is 35.5. The number of para-hydroxylation sites is 1. The number of β-amino-alcohol motifs (C(OH)–C–C–N with tert-alkyl or cyclic N) is 1. The molecule has 1 atom stereocenters. The zero-order valence-corrected chi connectivity index (χ0v) is 21.7. The molecule has 3 aromatic rings. The molecule has 0 radical (unpaired) electrons. The molecule has 0 saturated carbocycles. The Morgan fingerprint density at radius 1 is 0.914 bits per heavy atom. The van der Waals surface area contributed by atoms with Crippen LogP contribution >= 0.6 is 24.0 Å². The third-order valence-electron chi connectivity index (χ3n) is 6.24. The first-order chi connectivity index (χ1) is 16.6. The molecular formula is C28H34Cl2N2O3. The first-order valence-corrected chi connectivity index (χ1v) is 12.2. The Hall–Kier alpha value is -2.44. The molecule has 5 nitrogen and oxygen atoms in total. The van der Waals surface area contributed by atoms with E-state index in [4.69, 9.17) is 21.1 Å². The number of anilines is 1. The van der Waals surface area contributed by atoms with Crippen molar-refractivity contribution in [2.75, 3.05) is 51.3 Å². The fourth-order valence-electron chi connectivity index (χ4n) is 4.36. The van der Waals surface area contributed by atoms with Gasteiger partial charge in [0.05, 0.1) is 7.11 Å². The molecule has 3 aromatic carbocycles. The molecule has 35 heavy (non-hydrogen) atoms. The summed E-state index contributed by atoms with van der Waals surface area (Å²) in [7, 11) is 1.69. The monoisotopic (exact) mass is 516 g/mol. The lowest BCUT2D eigenvalue weighted by Crippen LogP contribution is -2.49. The van der Waals surface area contributed by atoms with Crippen molar-refractivity contribution < 1.29 is 14.6 Å². The number of aryl methyl sites for hydroxylation is 2. The van der Waals surface area contributed by atoms with Crippen LogP contribution in [-0.2, 0) is 12.8 Å². The van der Waals surface area contributed by atoms with Gasteiger partial charge in [-0.25, -0.2) is 0 Å². The molecular weight excluding hydrogens is 483 g/mol. The van der Waals surface area contributed by atoms with Crippen molar-refractivity contribution in [3.8, 4) is 11.5 Å². The zero-order valence-electron chi connectivity index (χ0n) is 20.1. The van der Waals surface area contributed by atoms with E-state index >= 15 is 0 Å². The zero-order chi connectivity index (χ0) is 23.8. The number of ether oxygens (including phenoxy) is 2. The summed E-state index contributed by atoms with van der Waals surface area (Å²) >= 11 is 6.13. The summed E-state index contributed by atoms with van der Waals surface area (Å²) in [4.78, 5) is 4.63. The molecule has 1 fully saturated rings. The third kappa shape index (κ3) is 8.04. The van der Waals surface area contributed by atoms with Crippen molar-refractivity contribution in [1.82, 2.24) is 4.90 Å². The number of piperazine rings is 1. The molecule has 0 aromatic heterocycles. The number of nitrogens with zero attached hydrogens (tertiary/aromatic N) is 2. The molecule has 0 amide bonds. The van der Waals surface area contributed by atoms with E-state index in [1.54, 1.807) is 7.11 Å². The van der Waals surface area contributed by atoms with Crippen LogP contribution in [0.5, 0.6) is 11.5 Å². The summed E-state index contributed by atoms with van der Waals surface area (Å²) in [5, 5.41) is 11.4. The summed E-state index contributed by atoms with van der Waals surface area (Å²) in [6.45, 7) is 4.53. The van der Waals surface area contributed by atoms with E-state index in [1.165, 1.54) is 5.56 Å². The predicted octanol–water partition coefficient (Wildman–Crippen LogP) is 5.12. The largest absolute Gasteiger partial charge is 0.497 e. The normalized spacial score (nSPS) is 14.8. The lowest BCUT2D eigenvalue weighted by atomic mass is 10.0. The Morgan fingerprint density at radius 2 is 1.69 bits per heavy atom. The summed E-state index contributed by atoms with van der Waals surface area (Å²) < 4.78 is 11.4. The number of rotatable bonds is 10. The van der Waals surface area contributed by atoms with Crippen molar-refractivity contribution in [3.63, 3.8) is 0 Å². The quantitative estimate of drug-likeness (QED) is 0.405. The van der Waals surface area contributed by atoms with Gasteiger partial charge in [-0.1, -0.05) is 48.0 Å². The Labute approximate surface area is 219 Å². The van der Waals surface area contributed by atoms with E-state index in [2.05, 4.69) is 34.1 Å². The van der Waals surface area contributed by atoms with Gasteiger partial charge < -0.3 is 19.5 Å². The van der Waals surface area contributed by atoms with Gasteiger partial charge in [0.15, 0.2) is 0 Å². The van der Waals surface area contributed by atoms with Crippen molar-refractivity contribution in [1.29, 1.82) is 0 Å². The molecule has 4 rings (SSSR count). The van der Waals surface area contributed by atoms with Crippen LogP contribution in [0.1, 0.15) is 11.1 Å². The molecule has 188 valence electrons. The van der Waals surface area contributed by atoms with Crippen LogP contribution in [0.15, 0.2) is 72.8 Å². The smallest absolute Gasteiger partial charge is 0.122 e. The minimum Gasteiger partial charge on any atom is -0.497 e. The number of hydrogen-bond acceptors (Lipinski definition) is 5. The second kappa shape index (κ2) is 13.6. The topological polar surface area (TPSA) is 45.2 Å². The number of aliphatic hydroxyl groups excluding tert-OH is 1. The molecule has 7 heteroatoms. The van der Waals surface area contributed by atoms with Crippen molar-refractivity contribution in [2.24, 2.45) is 0 Å². The van der Waals surface area contributed by atoms with Gasteiger partial charge in [-0.05, 0) is 60.4 Å². The minimum absolute atomic E-state index is 0. The maximum Gasteiger partial charge on any atom is 0.122 e. The van der Waals surface area contributed by atoms with E-state index in [1.807, 2.05) is 48.5 Å². The maximum absolute atomic E-state index is 10.6. The fraction of sp³-hybridized carbons (Fsp3) is 0.357. The maximum atomic E-state index is 10.6. The van der Waals surface area contributed by atoms with Crippen LogP contribution in [-0.4, -0.2) is 62.6 Å². The van der Waals surface area contributed by atoms with Crippen LogP contribution < -0.4 is 14.4 Å². The fourth-order valence-corrected chi connectivity index (χ4v) is 4.54. The Morgan fingerprint density at radius 3 is 2.46 bits per heavy atom.